The van der Waals surface area contributed by atoms with Crippen molar-refractivity contribution in [2.75, 3.05) is 18.1 Å². The third-order valence-electron chi connectivity index (χ3n) is 7.08. The highest BCUT2D eigenvalue weighted by molar-refractivity contribution is 5.80. The second-order valence-corrected chi connectivity index (χ2v) is 9.16. The van der Waals surface area contributed by atoms with E-state index < -0.39 is 6.04 Å². The van der Waals surface area contributed by atoms with Crippen molar-refractivity contribution in [2.45, 2.75) is 51.3 Å². The van der Waals surface area contributed by atoms with Crippen molar-refractivity contribution >= 4 is 16.6 Å². The van der Waals surface area contributed by atoms with Crippen LogP contribution in [0, 0.1) is 0 Å². The molecule has 0 bridgehead atoms. The zero-order chi connectivity index (χ0) is 23.1. The molecule has 0 aliphatic carbocycles. The summed E-state index contributed by atoms with van der Waals surface area (Å²) in [6.45, 7) is 4.29. The fourth-order valence-electron chi connectivity index (χ4n) is 5.29. The first-order valence-electron chi connectivity index (χ1n) is 12.1. The maximum absolute atomic E-state index is 13.5. The highest BCUT2D eigenvalue weighted by Gasteiger charge is 2.34. The number of hydrogen-bond acceptors (Lipinski definition) is 6. The van der Waals surface area contributed by atoms with Gasteiger partial charge in [-0.15, -0.1) is 5.10 Å². The van der Waals surface area contributed by atoms with Crippen molar-refractivity contribution in [2.24, 2.45) is 0 Å². The molecule has 2 aromatic carbocycles. The molecule has 4 heterocycles. The molecule has 0 unspecified atom stereocenters. The summed E-state index contributed by atoms with van der Waals surface area (Å²) < 4.78 is 7.68. The van der Waals surface area contributed by atoms with Crippen LogP contribution in [0.4, 0.5) is 5.69 Å². The number of aromatic nitrogens is 5. The summed E-state index contributed by atoms with van der Waals surface area (Å²) in [5.74, 6) is 0.670. The monoisotopic (exact) mass is 456 g/mol. The molecule has 1 fully saturated rings. The second-order valence-electron chi connectivity index (χ2n) is 9.16. The summed E-state index contributed by atoms with van der Waals surface area (Å²) in [4.78, 5) is 18.8. The van der Waals surface area contributed by atoms with E-state index in [1.54, 1.807) is 0 Å². The number of aromatic amines is 1. The standard InChI is InChI=1S/C26H28N6O2/c1-2-17-9-10-22-19(14-17)15-21(26(33)27-22)24(31-12-11-18-6-3-4-8-23(18)31)25-28-29-30-32(25)16-20-7-5-13-34-20/h3-4,6,8-10,14-15,20,24H,2,5,7,11-13,16H2,1H3,(H,27,33)/t20-,24-/m0/s1. The summed E-state index contributed by atoms with van der Waals surface area (Å²) in [6.07, 6.45) is 4.00. The third-order valence-corrected chi connectivity index (χ3v) is 7.08. The number of tetrazole rings is 1. The van der Waals surface area contributed by atoms with Gasteiger partial charge in [0, 0.05) is 29.9 Å². The molecule has 6 rings (SSSR count). The molecule has 2 aliphatic heterocycles. The Morgan fingerprint density at radius 1 is 1.21 bits per heavy atom. The minimum Gasteiger partial charge on any atom is -0.376 e. The van der Waals surface area contributed by atoms with Crippen LogP contribution in [0.1, 0.15) is 48.3 Å². The average molecular weight is 457 g/mol. The van der Waals surface area contributed by atoms with Gasteiger partial charge in [0.25, 0.3) is 5.56 Å². The van der Waals surface area contributed by atoms with Gasteiger partial charge in [-0.05, 0) is 76.9 Å². The highest BCUT2D eigenvalue weighted by Crippen LogP contribution is 2.37. The Kier molecular flexibility index (Phi) is 5.37. The number of aryl methyl sites for hydroxylation is 1. The molecule has 8 heteroatoms. The van der Waals surface area contributed by atoms with E-state index in [1.807, 2.05) is 22.9 Å². The Morgan fingerprint density at radius 3 is 2.97 bits per heavy atom. The van der Waals surface area contributed by atoms with Crippen LogP contribution in [0.15, 0.2) is 53.3 Å². The maximum Gasteiger partial charge on any atom is 0.254 e. The van der Waals surface area contributed by atoms with Crippen LogP contribution in [-0.2, 0) is 24.1 Å². The molecular weight excluding hydrogens is 428 g/mol. The number of anilines is 1. The third kappa shape index (κ3) is 3.68. The number of pyridine rings is 1. The maximum atomic E-state index is 13.5. The molecule has 0 amide bonds. The molecule has 2 aliphatic rings. The molecule has 1 saturated heterocycles. The van der Waals surface area contributed by atoms with E-state index in [2.05, 4.69) is 62.7 Å². The number of fused-ring (bicyclic) bond motifs is 2. The first-order chi connectivity index (χ1) is 16.7. The molecular formula is C26H28N6O2. The van der Waals surface area contributed by atoms with Crippen LogP contribution < -0.4 is 10.5 Å². The van der Waals surface area contributed by atoms with Gasteiger partial charge in [0.2, 0.25) is 0 Å². The van der Waals surface area contributed by atoms with E-state index in [9.17, 15) is 4.79 Å². The Balaban J connectivity index is 1.51. The quantitative estimate of drug-likeness (QED) is 0.478. The number of nitrogens with one attached hydrogen (secondary N) is 1. The second kappa shape index (κ2) is 8.68. The lowest BCUT2D eigenvalue weighted by Gasteiger charge is -2.29. The predicted octanol–water partition coefficient (Wildman–Crippen LogP) is 3.41. The van der Waals surface area contributed by atoms with Gasteiger partial charge >= 0.3 is 0 Å². The lowest BCUT2D eigenvalue weighted by atomic mass is 10.0. The van der Waals surface area contributed by atoms with Crippen molar-refractivity contribution in [1.29, 1.82) is 0 Å². The first kappa shape index (κ1) is 21.0. The first-order valence-corrected chi connectivity index (χ1v) is 12.1. The van der Waals surface area contributed by atoms with E-state index in [0.29, 0.717) is 17.9 Å². The number of H-pyrrole nitrogens is 1. The molecule has 2 atom stereocenters. The summed E-state index contributed by atoms with van der Waals surface area (Å²) in [6, 6.07) is 16.2. The summed E-state index contributed by atoms with van der Waals surface area (Å²) >= 11 is 0. The van der Waals surface area contributed by atoms with Crippen LogP contribution >= 0.6 is 0 Å². The van der Waals surface area contributed by atoms with E-state index in [4.69, 9.17) is 4.74 Å². The van der Waals surface area contributed by atoms with Crippen molar-refractivity contribution in [3.8, 4) is 0 Å². The minimum atomic E-state index is -0.404. The van der Waals surface area contributed by atoms with E-state index in [-0.39, 0.29) is 11.7 Å². The zero-order valence-electron chi connectivity index (χ0n) is 19.3. The normalized spacial score (nSPS) is 18.5. The molecule has 34 heavy (non-hydrogen) atoms. The van der Waals surface area contributed by atoms with Gasteiger partial charge in [-0.1, -0.05) is 31.2 Å². The molecule has 0 saturated carbocycles. The molecule has 0 radical (unpaired) electrons. The van der Waals surface area contributed by atoms with Crippen molar-refractivity contribution < 1.29 is 4.74 Å². The molecule has 0 spiro atoms. The smallest absolute Gasteiger partial charge is 0.254 e. The summed E-state index contributed by atoms with van der Waals surface area (Å²) in [5.41, 5.74) is 5.01. The van der Waals surface area contributed by atoms with Crippen LogP contribution in [-0.4, -0.2) is 44.4 Å². The molecule has 1 N–H and O–H groups in total. The van der Waals surface area contributed by atoms with Crippen LogP contribution in [0.3, 0.4) is 0 Å². The number of para-hydroxylation sites is 1. The van der Waals surface area contributed by atoms with Gasteiger partial charge in [0.05, 0.1) is 12.6 Å². The molecule has 4 aromatic rings. The van der Waals surface area contributed by atoms with Crippen LogP contribution in [0.25, 0.3) is 10.9 Å². The largest absolute Gasteiger partial charge is 0.376 e. The Morgan fingerprint density at radius 2 is 2.12 bits per heavy atom. The van der Waals surface area contributed by atoms with Crippen LogP contribution in [0.5, 0.6) is 0 Å². The van der Waals surface area contributed by atoms with Crippen LogP contribution in [0.2, 0.25) is 0 Å². The minimum absolute atomic E-state index is 0.0933. The zero-order valence-corrected chi connectivity index (χ0v) is 19.3. The van der Waals surface area contributed by atoms with Gasteiger partial charge in [0.15, 0.2) is 5.82 Å². The molecule has 2 aromatic heterocycles. The van der Waals surface area contributed by atoms with Gasteiger partial charge in [-0.3, -0.25) is 4.79 Å². The van der Waals surface area contributed by atoms with Gasteiger partial charge < -0.3 is 14.6 Å². The van der Waals surface area contributed by atoms with E-state index in [0.717, 1.165) is 55.4 Å². The van der Waals surface area contributed by atoms with Gasteiger partial charge in [-0.25, -0.2) is 4.68 Å². The SMILES string of the molecule is CCc1ccc2[nH]c(=O)c([C@@H](c3nnnn3C[C@@H]3CCCO3)N3CCc4ccccc43)cc2c1. The Bertz CT molecular complexity index is 1390. The Labute approximate surface area is 197 Å². The number of benzene rings is 2. The van der Waals surface area contributed by atoms with Crippen molar-refractivity contribution in [3.05, 3.63) is 81.4 Å². The number of ether oxygens (including phenoxy) is 1. The fourth-order valence-corrected chi connectivity index (χ4v) is 5.29. The fraction of sp³-hybridized carbons (Fsp3) is 0.385. The summed E-state index contributed by atoms with van der Waals surface area (Å²) in [7, 11) is 0. The topological polar surface area (TPSA) is 88.9 Å². The van der Waals surface area contributed by atoms with Gasteiger partial charge in [0.1, 0.15) is 6.04 Å². The molecule has 8 nitrogen and oxygen atoms in total. The highest BCUT2D eigenvalue weighted by atomic mass is 16.5. The molecule has 174 valence electrons. The van der Waals surface area contributed by atoms with Crippen molar-refractivity contribution in [1.82, 2.24) is 25.2 Å². The van der Waals surface area contributed by atoms with Crippen molar-refractivity contribution in [3.63, 3.8) is 0 Å². The van der Waals surface area contributed by atoms with E-state index in [1.165, 1.54) is 11.1 Å². The number of hydrogen-bond donors (Lipinski definition) is 1. The summed E-state index contributed by atoms with van der Waals surface area (Å²) in [5, 5.41) is 13.8. The van der Waals surface area contributed by atoms with E-state index >= 15 is 0 Å². The lowest BCUT2D eigenvalue weighted by Crippen LogP contribution is -2.35. The number of nitrogens with zero attached hydrogens (tertiary/aromatic N) is 5. The number of rotatable bonds is 6. The lowest BCUT2D eigenvalue weighted by molar-refractivity contribution is 0.0924. The average Bonchev–Trinajstić information content (AvgIpc) is 3.62. The van der Waals surface area contributed by atoms with Gasteiger partial charge in [-0.2, -0.15) is 0 Å². The Hall–Kier alpha value is -3.52. The predicted molar refractivity (Wildman–Crippen MR) is 130 cm³/mol.